The number of aliphatic hydroxyl groups excluding tert-OH is 2. The van der Waals surface area contributed by atoms with Crippen LogP contribution in [0.1, 0.15) is 5.82 Å². The molecule has 84 valence electrons. The second kappa shape index (κ2) is 4.07. The summed E-state index contributed by atoms with van der Waals surface area (Å²) in [5, 5.41) is 25.8. The van der Waals surface area contributed by atoms with Gasteiger partial charge < -0.3 is 14.8 Å². The first kappa shape index (κ1) is 10.8. The van der Waals surface area contributed by atoms with Crippen LogP contribution >= 0.6 is 12.2 Å². The lowest BCUT2D eigenvalue weighted by molar-refractivity contribution is 0.265. The summed E-state index contributed by atoms with van der Waals surface area (Å²) in [7, 11) is 1.75. The number of allylic oxidation sites excluding steroid dienone is 3. The van der Waals surface area contributed by atoms with Crippen molar-refractivity contribution in [1.82, 2.24) is 14.8 Å². The topological polar surface area (TPSA) is 74.1 Å². The number of rotatable bonds is 1. The molecule has 0 radical (unpaired) electrons. The van der Waals surface area contributed by atoms with Crippen molar-refractivity contribution in [1.29, 1.82) is 0 Å². The molecule has 0 fully saturated rings. The molecule has 0 bridgehead atoms. The Kier molecular flexibility index (Phi) is 2.76. The fourth-order valence-corrected chi connectivity index (χ4v) is 1.57. The zero-order chi connectivity index (χ0) is 11.7. The minimum atomic E-state index is -0.791. The Morgan fingerprint density at radius 2 is 2.31 bits per heavy atom. The lowest BCUT2D eigenvalue weighted by Crippen LogP contribution is -2.02. The van der Waals surface area contributed by atoms with Crippen LogP contribution in [0.4, 0.5) is 0 Å². The van der Waals surface area contributed by atoms with E-state index in [0.717, 1.165) is 0 Å². The molecule has 1 heterocycles. The fourth-order valence-electron chi connectivity index (χ4n) is 1.44. The quantitative estimate of drug-likeness (QED) is 0.642. The van der Waals surface area contributed by atoms with Crippen LogP contribution in [0.2, 0.25) is 0 Å². The third-order valence-corrected chi connectivity index (χ3v) is 2.66. The Labute approximate surface area is 97.1 Å². The van der Waals surface area contributed by atoms with Gasteiger partial charge in [0.2, 0.25) is 0 Å². The van der Waals surface area contributed by atoms with E-state index >= 15 is 0 Å². The molecule has 0 aliphatic heterocycles. The Morgan fingerprint density at radius 3 is 2.94 bits per heavy atom. The number of hydrogen-bond acceptors (Lipinski definition) is 4. The fraction of sp³-hybridized carbons (Fsp3) is 0.200. The van der Waals surface area contributed by atoms with Crippen molar-refractivity contribution >= 4 is 17.8 Å². The van der Waals surface area contributed by atoms with Crippen LogP contribution in [0, 0.1) is 4.77 Å². The van der Waals surface area contributed by atoms with Gasteiger partial charge in [-0.3, -0.25) is 5.10 Å². The van der Waals surface area contributed by atoms with Crippen molar-refractivity contribution in [2.45, 2.75) is 6.10 Å². The van der Waals surface area contributed by atoms with Crippen molar-refractivity contribution in [3.63, 3.8) is 0 Å². The molecule has 1 atom stereocenters. The predicted molar refractivity (Wildman–Crippen MR) is 62.2 cm³/mol. The molecule has 0 aromatic carbocycles. The van der Waals surface area contributed by atoms with Crippen LogP contribution in [0.25, 0.3) is 5.57 Å². The normalized spacial score (nSPS) is 20.2. The number of aromatic nitrogens is 3. The van der Waals surface area contributed by atoms with E-state index in [1.807, 2.05) is 0 Å². The lowest BCUT2D eigenvalue weighted by Gasteiger charge is -2.04. The minimum Gasteiger partial charge on any atom is -0.507 e. The van der Waals surface area contributed by atoms with Gasteiger partial charge in [-0.25, -0.2) is 0 Å². The third kappa shape index (κ3) is 1.84. The van der Waals surface area contributed by atoms with Crippen LogP contribution < -0.4 is 0 Å². The van der Waals surface area contributed by atoms with Gasteiger partial charge in [0, 0.05) is 7.05 Å². The number of nitrogens with zero attached hydrogens (tertiary/aromatic N) is 2. The first-order chi connectivity index (χ1) is 7.59. The molecule has 0 spiro atoms. The number of nitrogens with one attached hydrogen (secondary N) is 1. The van der Waals surface area contributed by atoms with E-state index in [1.165, 1.54) is 6.08 Å². The molecule has 3 N–H and O–H groups in total. The summed E-state index contributed by atoms with van der Waals surface area (Å²) in [5.74, 6) is 0.507. The van der Waals surface area contributed by atoms with Crippen molar-refractivity contribution in [2.24, 2.45) is 7.05 Å². The van der Waals surface area contributed by atoms with Crippen molar-refractivity contribution < 1.29 is 10.2 Å². The van der Waals surface area contributed by atoms with E-state index in [4.69, 9.17) is 12.2 Å². The van der Waals surface area contributed by atoms with Crippen LogP contribution in [0.15, 0.2) is 30.1 Å². The van der Waals surface area contributed by atoms with Gasteiger partial charge in [0.15, 0.2) is 10.6 Å². The van der Waals surface area contributed by atoms with E-state index in [0.29, 0.717) is 16.2 Å². The summed E-state index contributed by atoms with van der Waals surface area (Å²) in [6.07, 6.45) is 5.45. The van der Waals surface area contributed by atoms with E-state index in [1.54, 1.807) is 29.8 Å². The molecule has 6 heteroatoms. The highest BCUT2D eigenvalue weighted by Gasteiger charge is 2.15. The largest absolute Gasteiger partial charge is 0.507 e. The Morgan fingerprint density at radius 1 is 1.56 bits per heavy atom. The van der Waals surface area contributed by atoms with Gasteiger partial charge >= 0.3 is 0 Å². The molecule has 1 aliphatic carbocycles. The first-order valence-electron chi connectivity index (χ1n) is 4.69. The maximum absolute atomic E-state index is 9.80. The molecule has 1 unspecified atom stereocenters. The van der Waals surface area contributed by atoms with E-state index in [9.17, 15) is 10.2 Å². The molecule has 5 nitrogen and oxygen atoms in total. The second-order valence-electron chi connectivity index (χ2n) is 3.42. The van der Waals surface area contributed by atoms with Crippen molar-refractivity contribution in [2.75, 3.05) is 0 Å². The lowest BCUT2D eigenvalue weighted by atomic mass is 10.2. The molecule has 1 aromatic rings. The monoisotopic (exact) mass is 237 g/mol. The standard InChI is InChI=1S/C10H11N3O2S/c1-13-9(11-12-10(13)16)7-4-2-3-6(14)5-8(7)15/h2-6,14-15H,1H3,(H,12,16). The Balaban J connectivity index is 2.53. The van der Waals surface area contributed by atoms with Gasteiger partial charge in [-0.05, 0) is 24.4 Å². The van der Waals surface area contributed by atoms with Crippen LogP contribution in [-0.2, 0) is 7.05 Å². The smallest absolute Gasteiger partial charge is 0.195 e. The number of aliphatic hydroxyl groups is 2. The average molecular weight is 237 g/mol. The molecule has 0 saturated heterocycles. The highest BCUT2D eigenvalue weighted by atomic mass is 32.1. The maximum atomic E-state index is 9.80. The third-order valence-electron chi connectivity index (χ3n) is 2.30. The molecule has 1 aromatic heterocycles. The molecule has 0 amide bonds. The Hall–Kier alpha value is -1.66. The van der Waals surface area contributed by atoms with Crippen LogP contribution in [-0.4, -0.2) is 31.1 Å². The highest BCUT2D eigenvalue weighted by molar-refractivity contribution is 7.71. The zero-order valence-corrected chi connectivity index (χ0v) is 9.40. The highest BCUT2D eigenvalue weighted by Crippen LogP contribution is 2.21. The molecule has 2 rings (SSSR count). The average Bonchev–Trinajstić information content (AvgIpc) is 2.46. The zero-order valence-electron chi connectivity index (χ0n) is 8.58. The summed E-state index contributed by atoms with van der Waals surface area (Å²) in [4.78, 5) is 0. The van der Waals surface area contributed by atoms with Gasteiger partial charge in [0.25, 0.3) is 0 Å². The van der Waals surface area contributed by atoms with Crippen LogP contribution in [0.3, 0.4) is 0 Å². The van der Waals surface area contributed by atoms with Crippen LogP contribution in [0.5, 0.6) is 0 Å². The van der Waals surface area contributed by atoms with Gasteiger partial charge in [-0.2, -0.15) is 5.10 Å². The summed E-state index contributed by atoms with van der Waals surface area (Å²) in [5.41, 5.74) is 0.516. The van der Waals surface area contributed by atoms with Gasteiger partial charge in [-0.1, -0.05) is 12.2 Å². The molecule has 0 saturated carbocycles. The van der Waals surface area contributed by atoms with Crippen molar-refractivity contribution in [3.8, 4) is 0 Å². The van der Waals surface area contributed by atoms with E-state index in [2.05, 4.69) is 10.2 Å². The minimum absolute atomic E-state index is 0.0189. The SMILES string of the molecule is Cn1c(C2=CC=CC(O)C=C2O)n[nH]c1=S. The maximum Gasteiger partial charge on any atom is 0.195 e. The summed E-state index contributed by atoms with van der Waals surface area (Å²) < 4.78 is 2.12. The molecule has 16 heavy (non-hydrogen) atoms. The number of hydrogen-bond donors (Lipinski definition) is 3. The Bertz CT molecular complexity index is 551. The van der Waals surface area contributed by atoms with Gasteiger partial charge in [-0.15, -0.1) is 0 Å². The summed E-state index contributed by atoms with van der Waals surface area (Å²) in [6.45, 7) is 0. The van der Waals surface area contributed by atoms with Crippen molar-refractivity contribution in [3.05, 3.63) is 40.7 Å². The number of H-pyrrole nitrogens is 1. The second-order valence-corrected chi connectivity index (χ2v) is 3.81. The first-order valence-corrected chi connectivity index (χ1v) is 5.10. The van der Waals surface area contributed by atoms with E-state index < -0.39 is 6.10 Å². The van der Waals surface area contributed by atoms with Gasteiger partial charge in [0.1, 0.15) is 5.76 Å². The van der Waals surface area contributed by atoms with E-state index in [-0.39, 0.29) is 5.76 Å². The summed E-state index contributed by atoms with van der Waals surface area (Å²) in [6, 6.07) is 0. The number of aromatic amines is 1. The van der Waals surface area contributed by atoms with Gasteiger partial charge in [0.05, 0.1) is 11.7 Å². The summed E-state index contributed by atoms with van der Waals surface area (Å²) >= 11 is 4.99. The molecular formula is C10H11N3O2S. The molecule has 1 aliphatic rings. The molecular weight excluding hydrogens is 226 g/mol. The predicted octanol–water partition coefficient (Wildman–Crippen LogP) is 1.23.